The number of nitrogens with one attached hydrogen (secondary N) is 1. The van der Waals surface area contributed by atoms with Crippen molar-refractivity contribution in [2.24, 2.45) is 0 Å². The molecule has 0 bridgehead atoms. The number of anilines is 1. The van der Waals surface area contributed by atoms with Crippen molar-refractivity contribution in [2.75, 3.05) is 40.9 Å². The predicted molar refractivity (Wildman–Crippen MR) is 139 cm³/mol. The molecule has 0 saturated heterocycles. The van der Waals surface area contributed by atoms with Gasteiger partial charge in [0.05, 0.1) is 41.2 Å². The smallest absolute Gasteiger partial charge is 0.248 e. The van der Waals surface area contributed by atoms with E-state index in [-0.39, 0.29) is 5.91 Å². The third kappa shape index (κ3) is 6.35. The van der Waals surface area contributed by atoms with Crippen LogP contribution in [0.2, 0.25) is 0 Å². The van der Waals surface area contributed by atoms with Gasteiger partial charge >= 0.3 is 0 Å². The molecule has 0 unspecified atom stereocenters. The normalized spacial score (nSPS) is 10.9. The molecule has 0 atom stereocenters. The highest BCUT2D eigenvalue weighted by Crippen LogP contribution is 2.40. The molecule has 3 aromatic carbocycles. The third-order valence-electron chi connectivity index (χ3n) is 5.14. The molecule has 0 radical (unpaired) electrons. The summed E-state index contributed by atoms with van der Waals surface area (Å²) in [7, 11) is 7.77. The number of hydrogen-bond acceptors (Lipinski definition) is 6. The van der Waals surface area contributed by atoms with Crippen LogP contribution in [-0.2, 0) is 4.79 Å². The summed E-state index contributed by atoms with van der Waals surface area (Å²) in [5.41, 5.74) is 3.04. The van der Waals surface area contributed by atoms with Crippen LogP contribution in [0.3, 0.4) is 0 Å². The molecule has 0 fully saturated rings. The second-order valence-corrected chi connectivity index (χ2v) is 7.33. The van der Waals surface area contributed by atoms with Crippen molar-refractivity contribution in [3.8, 4) is 28.7 Å². The zero-order valence-corrected chi connectivity index (χ0v) is 20.5. The summed E-state index contributed by atoms with van der Waals surface area (Å²) in [6, 6.07) is 16.9. The summed E-state index contributed by atoms with van der Waals surface area (Å²) < 4.78 is 27.2. The lowest BCUT2D eigenvalue weighted by molar-refractivity contribution is -0.111. The Kier molecular flexibility index (Phi) is 8.78. The van der Waals surface area contributed by atoms with Crippen LogP contribution in [0.1, 0.15) is 16.7 Å². The average Bonchev–Trinajstić information content (AvgIpc) is 2.90. The minimum absolute atomic E-state index is 0.292. The lowest BCUT2D eigenvalue weighted by atomic mass is 10.1. The molecular formula is C28H29NO6. The monoisotopic (exact) mass is 475 g/mol. The molecule has 7 nitrogen and oxygen atoms in total. The Morgan fingerprint density at radius 2 is 1.14 bits per heavy atom. The Hall–Kier alpha value is -4.39. The van der Waals surface area contributed by atoms with E-state index in [4.69, 9.17) is 23.7 Å². The Bertz CT molecular complexity index is 1190. The van der Waals surface area contributed by atoms with E-state index in [0.29, 0.717) is 34.4 Å². The number of methoxy groups -OCH3 is 5. The van der Waals surface area contributed by atoms with Crippen LogP contribution < -0.4 is 29.0 Å². The van der Waals surface area contributed by atoms with Gasteiger partial charge in [-0.15, -0.1) is 0 Å². The predicted octanol–water partition coefficient (Wildman–Crippen LogP) is 5.55. The number of hydrogen-bond donors (Lipinski definition) is 1. The molecule has 0 aromatic heterocycles. The number of carbonyl (C=O) groups is 1. The Labute approximate surface area is 205 Å². The quantitative estimate of drug-likeness (QED) is 0.306. The Morgan fingerprint density at radius 1 is 0.629 bits per heavy atom. The molecule has 3 rings (SSSR count). The van der Waals surface area contributed by atoms with Gasteiger partial charge in [0, 0.05) is 6.08 Å². The van der Waals surface area contributed by atoms with Crippen LogP contribution in [0.25, 0.3) is 18.2 Å². The first-order valence-electron chi connectivity index (χ1n) is 10.8. The SMILES string of the molecule is COc1cc(/C=C/c2cc(OC)c(OC)c(OC)c2)cc(NC(=O)/C=C/c2ccccc2)c1OC. The summed E-state index contributed by atoms with van der Waals surface area (Å²) in [6.45, 7) is 0. The van der Waals surface area contributed by atoms with Crippen LogP contribution in [-0.4, -0.2) is 41.5 Å². The van der Waals surface area contributed by atoms with Gasteiger partial charge in [0.25, 0.3) is 0 Å². The molecule has 0 spiro atoms. The molecule has 7 heteroatoms. The van der Waals surface area contributed by atoms with E-state index in [0.717, 1.165) is 16.7 Å². The zero-order chi connectivity index (χ0) is 25.2. The van der Waals surface area contributed by atoms with Crippen LogP contribution in [0.15, 0.2) is 60.7 Å². The van der Waals surface area contributed by atoms with E-state index in [9.17, 15) is 4.79 Å². The standard InChI is InChI=1S/C28H29NO6/c1-31-23-16-20(11-12-21-17-24(32-2)28(35-5)25(18-21)33-3)15-22(27(23)34-4)29-26(30)14-13-19-9-7-6-8-10-19/h6-18H,1-5H3,(H,29,30)/b12-11+,14-13+. The van der Waals surface area contributed by atoms with Gasteiger partial charge in [-0.2, -0.15) is 0 Å². The van der Waals surface area contributed by atoms with Gasteiger partial charge in [-0.1, -0.05) is 42.5 Å². The van der Waals surface area contributed by atoms with Gasteiger partial charge in [-0.3, -0.25) is 4.79 Å². The average molecular weight is 476 g/mol. The van der Waals surface area contributed by atoms with Gasteiger partial charge < -0.3 is 29.0 Å². The highest BCUT2D eigenvalue weighted by atomic mass is 16.5. The molecule has 0 aliphatic rings. The first-order chi connectivity index (χ1) is 17.0. The van der Waals surface area contributed by atoms with E-state index in [1.165, 1.54) is 13.2 Å². The molecule has 0 aliphatic carbocycles. The fraction of sp³-hybridized carbons (Fsp3) is 0.179. The van der Waals surface area contributed by atoms with Gasteiger partial charge in [0.2, 0.25) is 11.7 Å². The minimum Gasteiger partial charge on any atom is -0.493 e. The first-order valence-corrected chi connectivity index (χ1v) is 10.8. The second kappa shape index (κ2) is 12.2. The maximum Gasteiger partial charge on any atom is 0.248 e. The Morgan fingerprint density at radius 3 is 1.66 bits per heavy atom. The number of benzene rings is 3. The van der Waals surface area contributed by atoms with Crippen molar-refractivity contribution < 1.29 is 28.5 Å². The molecular weight excluding hydrogens is 446 g/mol. The van der Waals surface area contributed by atoms with Crippen molar-refractivity contribution in [1.29, 1.82) is 0 Å². The summed E-state index contributed by atoms with van der Waals surface area (Å²) in [5.74, 6) is 2.25. The molecule has 3 aromatic rings. The topological polar surface area (TPSA) is 75.3 Å². The maximum atomic E-state index is 12.6. The van der Waals surface area contributed by atoms with E-state index >= 15 is 0 Å². The van der Waals surface area contributed by atoms with Gasteiger partial charge in [0.15, 0.2) is 23.0 Å². The minimum atomic E-state index is -0.292. The molecule has 35 heavy (non-hydrogen) atoms. The number of rotatable bonds is 10. The lowest BCUT2D eigenvalue weighted by Crippen LogP contribution is -2.09. The maximum absolute atomic E-state index is 12.6. The third-order valence-corrected chi connectivity index (χ3v) is 5.14. The molecule has 0 aliphatic heterocycles. The molecule has 0 saturated carbocycles. The molecule has 0 heterocycles. The van der Waals surface area contributed by atoms with Crippen LogP contribution >= 0.6 is 0 Å². The van der Waals surface area contributed by atoms with Crippen LogP contribution in [0.5, 0.6) is 28.7 Å². The van der Waals surface area contributed by atoms with E-state index < -0.39 is 0 Å². The fourth-order valence-electron chi connectivity index (χ4n) is 3.48. The number of amides is 1. The lowest BCUT2D eigenvalue weighted by Gasteiger charge is -2.14. The summed E-state index contributed by atoms with van der Waals surface area (Å²) >= 11 is 0. The summed E-state index contributed by atoms with van der Waals surface area (Å²) in [4.78, 5) is 12.6. The largest absolute Gasteiger partial charge is 0.493 e. The highest BCUT2D eigenvalue weighted by molar-refractivity contribution is 6.03. The first kappa shape index (κ1) is 25.2. The van der Waals surface area contributed by atoms with Gasteiger partial charge in [-0.05, 0) is 47.0 Å². The van der Waals surface area contributed by atoms with Crippen molar-refractivity contribution in [1.82, 2.24) is 0 Å². The van der Waals surface area contributed by atoms with E-state index in [2.05, 4.69) is 5.32 Å². The van der Waals surface area contributed by atoms with Crippen LogP contribution in [0.4, 0.5) is 5.69 Å². The van der Waals surface area contributed by atoms with Crippen LogP contribution in [0, 0.1) is 0 Å². The Balaban J connectivity index is 1.91. The van der Waals surface area contributed by atoms with Crippen molar-refractivity contribution >= 4 is 29.8 Å². The molecule has 182 valence electrons. The second-order valence-electron chi connectivity index (χ2n) is 7.33. The van der Waals surface area contributed by atoms with E-state index in [1.807, 2.05) is 66.7 Å². The van der Waals surface area contributed by atoms with Crippen molar-refractivity contribution in [3.05, 3.63) is 77.4 Å². The summed E-state index contributed by atoms with van der Waals surface area (Å²) in [6.07, 6.45) is 7.00. The van der Waals surface area contributed by atoms with Crippen molar-refractivity contribution in [2.45, 2.75) is 0 Å². The highest BCUT2D eigenvalue weighted by Gasteiger charge is 2.14. The fourth-order valence-corrected chi connectivity index (χ4v) is 3.48. The van der Waals surface area contributed by atoms with Crippen molar-refractivity contribution in [3.63, 3.8) is 0 Å². The summed E-state index contributed by atoms with van der Waals surface area (Å²) in [5, 5.41) is 2.88. The van der Waals surface area contributed by atoms with Gasteiger partial charge in [-0.25, -0.2) is 0 Å². The molecule has 1 N–H and O–H groups in total. The molecule has 1 amide bonds. The number of carbonyl (C=O) groups excluding carboxylic acids is 1. The number of ether oxygens (including phenoxy) is 5. The zero-order valence-electron chi connectivity index (χ0n) is 20.5. The van der Waals surface area contributed by atoms with E-state index in [1.54, 1.807) is 34.5 Å². The van der Waals surface area contributed by atoms with Gasteiger partial charge in [0.1, 0.15) is 0 Å².